The molecule has 0 N–H and O–H groups in total. The van der Waals surface area contributed by atoms with Crippen LogP contribution >= 0.6 is 23.5 Å². The maximum absolute atomic E-state index is 14.5. The van der Waals surface area contributed by atoms with Gasteiger partial charge in [-0.05, 0) is 17.1 Å². The van der Waals surface area contributed by atoms with Crippen molar-refractivity contribution >= 4 is 35.1 Å². The Bertz CT molecular complexity index is 1040. The summed E-state index contributed by atoms with van der Waals surface area (Å²) in [6.07, 6.45) is -0.480. The Hall–Kier alpha value is -2.53. The molecule has 190 valence electrons. The van der Waals surface area contributed by atoms with E-state index in [0.717, 1.165) is 16.5 Å². The number of thioether (sulfide) groups is 2. The molecule has 2 aromatic carbocycles. The van der Waals surface area contributed by atoms with Crippen LogP contribution in [-0.4, -0.2) is 57.4 Å². The Morgan fingerprint density at radius 1 is 1.20 bits per heavy atom. The van der Waals surface area contributed by atoms with Crippen LogP contribution in [0.1, 0.15) is 36.2 Å². The highest BCUT2D eigenvalue weighted by Crippen LogP contribution is 2.43. The monoisotopic (exact) mass is 526 g/mol. The molecule has 35 heavy (non-hydrogen) atoms. The van der Waals surface area contributed by atoms with Crippen molar-refractivity contribution in [1.82, 2.24) is 4.90 Å². The highest BCUT2D eigenvalue weighted by atomic mass is 32.2. The molecule has 0 aliphatic carbocycles. The molecule has 0 saturated carbocycles. The highest BCUT2D eigenvalue weighted by molar-refractivity contribution is 8.17. The van der Waals surface area contributed by atoms with E-state index in [1.54, 1.807) is 0 Å². The van der Waals surface area contributed by atoms with Gasteiger partial charge in [-0.1, -0.05) is 44.2 Å². The van der Waals surface area contributed by atoms with E-state index in [-0.39, 0.29) is 28.3 Å². The summed E-state index contributed by atoms with van der Waals surface area (Å²) >= 11 is 3.00. The largest absolute Gasteiger partial charge is 0.493 e. The van der Waals surface area contributed by atoms with Crippen molar-refractivity contribution in [2.75, 3.05) is 25.2 Å². The van der Waals surface area contributed by atoms with Crippen molar-refractivity contribution in [3.05, 3.63) is 63.7 Å². The number of nitro benzene ring substituents is 1. The van der Waals surface area contributed by atoms with Crippen LogP contribution < -0.4 is 9.47 Å². The zero-order valence-corrected chi connectivity index (χ0v) is 21.4. The molecule has 1 heterocycles. The molecule has 1 atom stereocenters. The average Bonchev–Trinajstić information content (AvgIpc) is 3.17. The number of methoxy groups -OCH3 is 1. The number of likely N-dealkylation sites (tertiary alicyclic amines) is 1. The minimum atomic E-state index is -3.07. The fourth-order valence-electron chi connectivity index (χ4n) is 3.95. The number of hydrogen-bond donors (Lipinski definition) is 0. The van der Waals surface area contributed by atoms with E-state index >= 15 is 0 Å². The maximum atomic E-state index is 14.5. The van der Waals surface area contributed by atoms with Crippen LogP contribution in [0, 0.1) is 10.1 Å². The predicted molar refractivity (Wildman–Crippen MR) is 135 cm³/mol. The Morgan fingerprint density at radius 3 is 2.43 bits per heavy atom. The van der Waals surface area contributed by atoms with E-state index in [4.69, 9.17) is 9.47 Å². The van der Waals surface area contributed by atoms with Crippen LogP contribution in [0.5, 0.6) is 11.5 Å². The van der Waals surface area contributed by atoms with Crippen molar-refractivity contribution in [3.63, 3.8) is 0 Å². The molecule has 1 aliphatic heterocycles. The van der Waals surface area contributed by atoms with Crippen LogP contribution in [0.15, 0.2) is 42.5 Å². The van der Waals surface area contributed by atoms with Gasteiger partial charge in [-0.3, -0.25) is 14.9 Å². The van der Waals surface area contributed by atoms with Gasteiger partial charge in [0.2, 0.25) is 0 Å². The lowest BCUT2D eigenvalue weighted by atomic mass is 10.1. The minimum absolute atomic E-state index is 0.0869. The molecule has 0 radical (unpaired) electrons. The molecule has 1 aliphatic rings. The first-order chi connectivity index (χ1) is 16.7. The Morgan fingerprint density at radius 2 is 1.86 bits per heavy atom. The molecule has 1 fully saturated rings. The van der Waals surface area contributed by atoms with Gasteiger partial charge in [0.15, 0.2) is 11.5 Å². The molecule has 2 aromatic rings. The topological polar surface area (TPSA) is 81.9 Å². The van der Waals surface area contributed by atoms with Gasteiger partial charge in [0.1, 0.15) is 12.2 Å². The molecule has 3 rings (SSSR count). The van der Waals surface area contributed by atoms with Crippen molar-refractivity contribution in [1.29, 1.82) is 0 Å². The number of benzene rings is 2. The lowest BCUT2D eigenvalue weighted by Gasteiger charge is -2.30. The second-order valence-corrected chi connectivity index (χ2v) is 11.0. The zero-order valence-electron chi connectivity index (χ0n) is 19.7. The number of nitro groups is 1. The highest BCUT2D eigenvalue weighted by Gasteiger charge is 2.50. The first-order valence-corrected chi connectivity index (χ1v) is 13.3. The summed E-state index contributed by atoms with van der Waals surface area (Å²) in [4.78, 5) is 25.8. The first-order valence-electron chi connectivity index (χ1n) is 11.2. The van der Waals surface area contributed by atoms with E-state index in [0.29, 0.717) is 11.5 Å². The number of alkyl halides is 2. The van der Waals surface area contributed by atoms with Gasteiger partial charge in [0.05, 0.1) is 35.3 Å². The van der Waals surface area contributed by atoms with Crippen LogP contribution in [0.25, 0.3) is 0 Å². The third-order valence-electron chi connectivity index (χ3n) is 5.49. The molecule has 7 nitrogen and oxygen atoms in total. The van der Waals surface area contributed by atoms with Crippen molar-refractivity contribution in [3.8, 4) is 11.5 Å². The van der Waals surface area contributed by atoms with E-state index < -0.39 is 41.4 Å². The molecule has 1 amide bonds. The number of ether oxygens (including phenoxy) is 2. The summed E-state index contributed by atoms with van der Waals surface area (Å²) in [5.74, 6) is -2.29. The minimum Gasteiger partial charge on any atom is -0.493 e. The summed E-state index contributed by atoms with van der Waals surface area (Å²) in [6, 6.07) is 10.8. The lowest BCUT2D eigenvalue weighted by molar-refractivity contribution is -0.385. The van der Waals surface area contributed by atoms with E-state index in [9.17, 15) is 23.7 Å². The Kier molecular flexibility index (Phi) is 9.23. The number of halogens is 2. The maximum Gasteiger partial charge on any atom is 0.286 e. The number of carbonyl (C=O) groups excluding carboxylic acids is 1. The van der Waals surface area contributed by atoms with Gasteiger partial charge in [-0.2, -0.15) is 0 Å². The number of rotatable bonds is 11. The van der Waals surface area contributed by atoms with Crippen LogP contribution in [0.2, 0.25) is 0 Å². The van der Waals surface area contributed by atoms with Gasteiger partial charge in [0.25, 0.3) is 17.5 Å². The third kappa shape index (κ3) is 6.58. The van der Waals surface area contributed by atoms with Crippen LogP contribution in [0.3, 0.4) is 0 Å². The number of hydrogen-bond acceptors (Lipinski definition) is 7. The van der Waals surface area contributed by atoms with Crippen molar-refractivity contribution < 1.29 is 28.0 Å². The van der Waals surface area contributed by atoms with Gasteiger partial charge in [0, 0.05) is 12.5 Å². The molecular formula is C24H28F2N2O5S2. The summed E-state index contributed by atoms with van der Waals surface area (Å²) in [7, 11) is 1.35. The number of amides is 1. The van der Waals surface area contributed by atoms with Crippen molar-refractivity contribution in [2.45, 2.75) is 43.4 Å². The molecule has 0 bridgehead atoms. The second kappa shape index (κ2) is 11.9. The molecule has 11 heteroatoms. The molecular weight excluding hydrogens is 498 g/mol. The quantitative estimate of drug-likeness (QED) is 0.206. The summed E-state index contributed by atoms with van der Waals surface area (Å²) in [6.45, 7) is 3.20. The van der Waals surface area contributed by atoms with Crippen LogP contribution in [-0.2, 0) is 6.61 Å². The molecule has 0 spiro atoms. The Balaban J connectivity index is 1.96. The van der Waals surface area contributed by atoms with Gasteiger partial charge >= 0.3 is 0 Å². The predicted octanol–water partition coefficient (Wildman–Crippen LogP) is 5.86. The zero-order chi connectivity index (χ0) is 25.6. The fourth-order valence-corrected chi connectivity index (χ4v) is 6.73. The van der Waals surface area contributed by atoms with Crippen molar-refractivity contribution in [2.24, 2.45) is 0 Å². The first kappa shape index (κ1) is 27.1. The van der Waals surface area contributed by atoms with E-state index in [1.807, 2.05) is 44.2 Å². The van der Waals surface area contributed by atoms with Gasteiger partial charge in [-0.25, -0.2) is 8.78 Å². The standard InChI is InChI=1S/C24H28F2N2O5S2/c1-4-34-23(35-5-2)19-13-24(25,26)15-27(19)22(29)17-11-20(32-3)21(12-18(17)28(30)31)33-14-16-9-7-6-8-10-16/h6-12,19,23H,4-5,13-15H2,1-3H3/t19-/m0/s1. The lowest BCUT2D eigenvalue weighted by Crippen LogP contribution is -2.41. The normalized spacial score (nSPS) is 17.0. The van der Waals surface area contributed by atoms with E-state index in [2.05, 4.69) is 0 Å². The summed E-state index contributed by atoms with van der Waals surface area (Å²) < 4.78 is 39.8. The third-order valence-corrected chi connectivity index (χ3v) is 8.26. The molecule has 0 unspecified atom stereocenters. The number of nitrogens with zero attached hydrogens (tertiary/aromatic N) is 2. The fraction of sp³-hybridized carbons (Fsp3) is 0.458. The number of carbonyl (C=O) groups is 1. The molecule has 1 saturated heterocycles. The van der Waals surface area contributed by atoms with Gasteiger partial charge in [-0.15, -0.1) is 23.5 Å². The molecule has 0 aromatic heterocycles. The second-order valence-electron chi connectivity index (χ2n) is 7.89. The smallest absolute Gasteiger partial charge is 0.286 e. The van der Waals surface area contributed by atoms with E-state index in [1.165, 1.54) is 36.7 Å². The summed E-state index contributed by atoms with van der Waals surface area (Å²) in [5, 5.41) is 11.9. The summed E-state index contributed by atoms with van der Waals surface area (Å²) in [5.41, 5.74) is 0.0198. The average molecular weight is 527 g/mol. The van der Waals surface area contributed by atoms with Gasteiger partial charge < -0.3 is 14.4 Å². The SMILES string of the molecule is CCSC(SCC)[C@@H]1CC(F)(F)CN1C(=O)c1cc(OC)c(OCc2ccccc2)cc1[N+](=O)[O-]. The van der Waals surface area contributed by atoms with Crippen LogP contribution in [0.4, 0.5) is 14.5 Å². The Labute approximate surface area is 211 Å².